The first-order valence-corrected chi connectivity index (χ1v) is 4.87. The van der Waals surface area contributed by atoms with E-state index in [2.05, 4.69) is 8.37 Å². The van der Waals surface area contributed by atoms with E-state index in [1.54, 1.807) is 12.2 Å². The van der Waals surface area contributed by atoms with Crippen molar-refractivity contribution in [1.82, 2.24) is 0 Å². The monoisotopic (exact) mass is 190 g/mol. The Kier molecular flexibility index (Phi) is 7.79. The van der Waals surface area contributed by atoms with Gasteiger partial charge in [0, 0.05) is 0 Å². The van der Waals surface area contributed by atoms with Gasteiger partial charge in [-0.25, -0.2) is 0 Å². The minimum absolute atomic E-state index is 0.849. The largest absolute Gasteiger partial charge is 0.416 e. The lowest BCUT2D eigenvalue weighted by Gasteiger charge is -1.95. The highest BCUT2D eigenvalue weighted by Gasteiger charge is 1.92. The highest BCUT2D eigenvalue weighted by Crippen LogP contribution is 1.93. The van der Waals surface area contributed by atoms with Crippen LogP contribution in [0.25, 0.3) is 0 Å². The van der Waals surface area contributed by atoms with Gasteiger partial charge in [-0.3, -0.25) is 0 Å². The van der Waals surface area contributed by atoms with E-state index in [0.717, 1.165) is 12.8 Å². The Morgan fingerprint density at radius 2 is 1.50 bits per heavy atom. The standard InChI is InChI=1S/C8H14O3S/c1-3-5-7-10-12(9)11-8-6-4-2/h5-8H,3-4H2,1-2H3. The molecule has 0 amide bonds. The van der Waals surface area contributed by atoms with E-state index in [9.17, 15) is 4.21 Å². The Balaban J connectivity index is 3.46. The predicted molar refractivity (Wildman–Crippen MR) is 49.2 cm³/mol. The zero-order valence-corrected chi connectivity index (χ0v) is 8.17. The normalized spacial score (nSPS) is 13.8. The summed E-state index contributed by atoms with van der Waals surface area (Å²) >= 11 is -1.70. The molecule has 0 aromatic rings. The van der Waals surface area contributed by atoms with Crippen LogP contribution in [0.2, 0.25) is 0 Å². The Hall–Kier alpha value is -0.770. The Morgan fingerprint density at radius 1 is 1.08 bits per heavy atom. The summed E-state index contributed by atoms with van der Waals surface area (Å²) in [6, 6.07) is 0. The molecule has 0 spiro atoms. The summed E-state index contributed by atoms with van der Waals surface area (Å²) in [6.07, 6.45) is 7.95. The molecule has 0 aliphatic heterocycles. The van der Waals surface area contributed by atoms with Crippen molar-refractivity contribution in [1.29, 1.82) is 0 Å². The fourth-order valence-electron chi connectivity index (χ4n) is 0.384. The summed E-state index contributed by atoms with van der Waals surface area (Å²) in [4.78, 5) is 0. The second-order valence-corrected chi connectivity index (χ2v) is 2.75. The van der Waals surface area contributed by atoms with Crippen LogP contribution in [-0.2, 0) is 19.7 Å². The van der Waals surface area contributed by atoms with Gasteiger partial charge in [0.05, 0.1) is 0 Å². The van der Waals surface area contributed by atoms with Gasteiger partial charge in [-0.05, 0) is 25.0 Å². The molecule has 0 atom stereocenters. The molecule has 0 saturated heterocycles. The van der Waals surface area contributed by atoms with E-state index in [0.29, 0.717) is 0 Å². The summed E-state index contributed by atoms with van der Waals surface area (Å²) < 4.78 is 20.1. The molecule has 70 valence electrons. The van der Waals surface area contributed by atoms with Crippen LogP contribution >= 0.6 is 0 Å². The SMILES string of the molecule is CCC=COS(=O)OC=CCC. The van der Waals surface area contributed by atoms with Crippen LogP contribution in [0, 0.1) is 0 Å². The van der Waals surface area contributed by atoms with Gasteiger partial charge >= 0.3 is 11.4 Å². The summed E-state index contributed by atoms with van der Waals surface area (Å²) in [6.45, 7) is 3.92. The van der Waals surface area contributed by atoms with E-state index >= 15 is 0 Å². The predicted octanol–water partition coefficient (Wildman–Crippen LogP) is 2.45. The van der Waals surface area contributed by atoms with Crippen molar-refractivity contribution in [2.75, 3.05) is 0 Å². The third-order valence-electron chi connectivity index (χ3n) is 0.932. The summed E-state index contributed by atoms with van der Waals surface area (Å²) in [5.74, 6) is 0. The lowest BCUT2D eigenvalue weighted by Crippen LogP contribution is -1.91. The fourth-order valence-corrected chi connectivity index (χ4v) is 0.768. The molecule has 4 heteroatoms. The van der Waals surface area contributed by atoms with Crippen molar-refractivity contribution in [3.8, 4) is 0 Å². The van der Waals surface area contributed by atoms with Gasteiger partial charge in [-0.1, -0.05) is 13.8 Å². The molecule has 3 nitrogen and oxygen atoms in total. The maximum absolute atomic E-state index is 10.8. The van der Waals surface area contributed by atoms with Crippen molar-refractivity contribution in [2.45, 2.75) is 26.7 Å². The molecule has 0 saturated carbocycles. The molecule has 0 bridgehead atoms. The maximum Gasteiger partial charge on any atom is 0.416 e. The van der Waals surface area contributed by atoms with Gasteiger partial charge in [-0.2, -0.15) is 4.21 Å². The highest BCUT2D eigenvalue weighted by atomic mass is 32.2. The average molecular weight is 190 g/mol. The van der Waals surface area contributed by atoms with Gasteiger partial charge in [0.25, 0.3) is 0 Å². The van der Waals surface area contributed by atoms with E-state index in [1.807, 2.05) is 13.8 Å². The Morgan fingerprint density at radius 3 is 1.83 bits per heavy atom. The minimum atomic E-state index is -1.70. The molecule has 0 aliphatic rings. The second-order valence-electron chi connectivity index (χ2n) is 1.96. The lowest BCUT2D eigenvalue weighted by molar-refractivity contribution is 0.392. The highest BCUT2D eigenvalue weighted by molar-refractivity contribution is 7.75. The fraction of sp³-hybridized carbons (Fsp3) is 0.500. The van der Waals surface area contributed by atoms with Crippen molar-refractivity contribution < 1.29 is 12.6 Å². The van der Waals surface area contributed by atoms with Crippen LogP contribution in [0.4, 0.5) is 0 Å². The van der Waals surface area contributed by atoms with Crippen molar-refractivity contribution >= 4 is 11.4 Å². The number of allylic oxidation sites excluding steroid dienone is 2. The zero-order valence-electron chi connectivity index (χ0n) is 7.36. The van der Waals surface area contributed by atoms with Crippen molar-refractivity contribution in [3.63, 3.8) is 0 Å². The van der Waals surface area contributed by atoms with Crippen LogP contribution < -0.4 is 0 Å². The first-order valence-electron chi connectivity index (χ1n) is 3.87. The van der Waals surface area contributed by atoms with Crippen molar-refractivity contribution in [2.24, 2.45) is 0 Å². The van der Waals surface area contributed by atoms with Gasteiger partial charge in [0.1, 0.15) is 12.5 Å². The third-order valence-corrected chi connectivity index (χ3v) is 1.47. The van der Waals surface area contributed by atoms with Crippen molar-refractivity contribution in [3.05, 3.63) is 24.7 Å². The Bertz CT molecular complexity index is 157. The molecule has 0 heterocycles. The van der Waals surface area contributed by atoms with E-state index in [4.69, 9.17) is 0 Å². The smallest absolute Gasteiger partial charge is 0.379 e. The molecular weight excluding hydrogens is 176 g/mol. The van der Waals surface area contributed by atoms with E-state index in [-0.39, 0.29) is 0 Å². The van der Waals surface area contributed by atoms with Gasteiger partial charge in [0.2, 0.25) is 0 Å². The summed E-state index contributed by atoms with van der Waals surface area (Å²) in [5, 5.41) is 0. The van der Waals surface area contributed by atoms with Crippen LogP contribution in [-0.4, -0.2) is 4.21 Å². The van der Waals surface area contributed by atoms with Gasteiger partial charge < -0.3 is 8.37 Å². The molecule has 0 rings (SSSR count). The number of hydrogen-bond acceptors (Lipinski definition) is 3. The molecule has 0 aromatic heterocycles. The first kappa shape index (κ1) is 11.2. The van der Waals surface area contributed by atoms with Gasteiger partial charge in [-0.15, -0.1) is 0 Å². The van der Waals surface area contributed by atoms with Crippen LogP contribution in [0.15, 0.2) is 24.7 Å². The third kappa shape index (κ3) is 7.34. The molecular formula is C8H14O3S. The quantitative estimate of drug-likeness (QED) is 0.603. The lowest BCUT2D eigenvalue weighted by atomic mass is 10.5. The molecule has 0 radical (unpaired) electrons. The topological polar surface area (TPSA) is 35.5 Å². The molecule has 0 N–H and O–H groups in total. The Labute approximate surface area is 75.9 Å². The number of hydrogen-bond donors (Lipinski definition) is 0. The molecule has 0 aromatic carbocycles. The molecule has 0 aliphatic carbocycles. The van der Waals surface area contributed by atoms with E-state index in [1.165, 1.54) is 12.5 Å². The van der Waals surface area contributed by atoms with Gasteiger partial charge in [0.15, 0.2) is 0 Å². The second kappa shape index (κ2) is 8.33. The summed E-state index contributed by atoms with van der Waals surface area (Å²) in [7, 11) is 0. The molecule has 0 unspecified atom stereocenters. The average Bonchev–Trinajstić information content (AvgIpc) is 2.06. The van der Waals surface area contributed by atoms with Crippen LogP contribution in [0.1, 0.15) is 26.7 Å². The van der Waals surface area contributed by atoms with Crippen LogP contribution in [0.5, 0.6) is 0 Å². The zero-order chi connectivity index (χ0) is 9.23. The molecule has 12 heavy (non-hydrogen) atoms. The van der Waals surface area contributed by atoms with E-state index < -0.39 is 11.4 Å². The number of rotatable bonds is 6. The van der Waals surface area contributed by atoms with Crippen LogP contribution in [0.3, 0.4) is 0 Å². The maximum atomic E-state index is 10.8. The molecule has 0 fully saturated rings. The summed E-state index contributed by atoms with van der Waals surface area (Å²) in [5.41, 5.74) is 0. The first-order chi connectivity index (χ1) is 5.81. The minimum Gasteiger partial charge on any atom is -0.379 e.